The smallest absolute Gasteiger partial charge is 0.196 e. The number of allylic oxidation sites excluding steroid dienone is 2. The summed E-state index contributed by atoms with van der Waals surface area (Å²) in [5.41, 5.74) is 0.854. The molecule has 2 N–H and O–H groups in total. The molecule has 0 atom stereocenters. The first kappa shape index (κ1) is 24.0. The van der Waals surface area contributed by atoms with Crippen LogP contribution in [0.25, 0.3) is 11.0 Å². The van der Waals surface area contributed by atoms with Gasteiger partial charge in [-0.2, -0.15) is 0 Å². The summed E-state index contributed by atoms with van der Waals surface area (Å²) in [7, 11) is 0. The van der Waals surface area contributed by atoms with Gasteiger partial charge in [0.25, 0.3) is 0 Å². The first-order chi connectivity index (χ1) is 14.5. The normalized spacial score (nSPS) is 11.7. The number of aromatic hydroxyl groups is 2. The molecule has 0 radical (unpaired) electrons. The maximum absolute atomic E-state index is 12.5. The van der Waals surface area contributed by atoms with Crippen molar-refractivity contribution >= 4 is 11.0 Å². The van der Waals surface area contributed by atoms with Crippen LogP contribution in [0.3, 0.4) is 0 Å². The van der Waals surface area contributed by atoms with E-state index in [2.05, 4.69) is 19.1 Å². The molecule has 0 spiro atoms. The highest BCUT2D eigenvalue weighted by atomic mass is 16.3. The van der Waals surface area contributed by atoms with Gasteiger partial charge in [0.2, 0.25) is 0 Å². The molecule has 0 amide bonds. The van der Waals surface area contributed by atoms with E-state index in [1.165, 1.54) is 63.9 Å². The number of unbranched alkanes of at least 4 members (excludes halogenated alkanes) is 9. The van der Waals surface area contributed by atoms with Crippen molar-refractivity contribution in [1.82, 2.24) is 0 Å². The van der Waals surface area contributed by atoms with Crippen LogP contribution in [0, 0.1) is 13.8 Å². The van der Waals surface area contributed by atoms with E-state index < -0.39 is 0 Å². The summed E-state index contributed by atoms with van der Waals surface area (Å²) in [6.07, 6.45) is 18.7. The van der Waals surface area contributed by atoms with Gasteiger partial charge in [0.15, 0.2) is 5.43 Å². The zero-order valence-corrected chi connectivity index (χ0v) is 18.9. The van der Waals surface area contributed by atoms with E-state index in [0.29, 0.717) is 28.9 Å². The number of phenolic OH excluding ortho intramolecular Hbond substituents is 2. The van der Waals surface area contributed by atoms with Crippen LogP contribution in [0.1, 0.15) is 94.4 Å². The number of rotatable bonds is 13. The minimum atomic E-state index is -0.251. The first-order valence-corrected chi connectivity index (χ1v) is 11.6. The van der Waals surface area contributed by atoms with E-state index in [0.717, 1.165) is 12.8 Å². The Bertz CT molecular complexity index is 892. The van der Waals surface area contributed by atoms with E-state index in [4.69, 9.17) is 4.42 Å². The van der Waals surface area contributed by atoms with E-state index >= 15 is 0 Å². The number of phenols is 2. The fourth-order valence-electron chi connectivity index (χ4n) is 3.84. The molecule has 0 aliphatic heterocycles. The Balaban J connectivity index is 1.72. The molecule has 4 nitrogen and oxygen atoms in total. The summed E-state index contributed by atoms with van der Waals surface area (Å²) in [5.74, 6) is 0.412. The molecule has 1 heterocycles. The lowest BCUT2D eigenvalue weighted by Gasteiger charge is -2.11. The monoisotopic (exact) mass is 414 g/mol. The highest BCUT2D eigenvalue weighted by Crippen LogP contribution is 2.37. The van der Waals surface area contributed by atoms with Gasteiger partial charge in [-0.3, -0.25) is 4.79 Å². The molecule has 0 unspecified atom stereocenters. The third-order valence-electron chi connectivity index (χ3n) is 5.83. The molecule has 1 aromatic heterocycles. The van der Waals surface area contributed by atoms with Crippen LogP contribution in [0.4, 0.5) is 0 Å². The van der Waals surface area contributed by atoms with E-state index in [9.17, 15) is 15.0 Å². The van der Waals surface area contributed by atoms with Crippen molar-refractivity contribution in [3.63, 3.8) is 0 Å². The summed E-state index contributed by atoms with van der Waals surface area (Å²) >= 11 is 0. The Morgan fingerprint density at radius 2 is 1.43 bits per heavy atom. The Labute approximate surface area is 180 Å². The first-order valence-electron chi connectivity index (χ1n) is 11.6. The van der Waals surface area contributed by atoms with Gasteiger partial charge in [-0.05, 0) is 39.5 Å². The third kappa shape index (κ3) is 6.65. The minimum absolute atomic E-state index is 0.0169. The van der Waals surface area contributed by atoms with Crippen molar-refractivity contribution in [3.05, 3.63) is 45.3 Å². The lowest BCUT2D eigenvalue weighted by molar-refractivity contribution is 0.439. The Kier molecular flexibility index (Phi) is 9.99. The predicted molar refractivity (Wildman–Crippen MR) is 125 cm³/mol. The predicted octanol–water partition coefficient (Wildman–Crippen LogP) is 7.23. The molecular formula is C26H38O4. The molecular weight excluding hydrogens is 376 g/mol. The van der Waals surface area contributed by atoms with Crippen molar-refractivity contribution in [2.45, 2.75) is 97.8 Å². The fraction of sp³-hybridized carbons (Fsp3) is 0.577. The van der Waals surface area contributed by atoms with Gasteiger partial charge in [-0.25, -0.2) is 0 Å². The summed E-state index contributed by atoms with van der Waals surface area (Å²) in [4.78, 5) is 12.5. The van der Waals surface area contributed by atoms with Gasteiger partial charge in [0.05, 0.1) is 0 Å². The molecule has 4 heteroatoms. The Hall–Kier alpha value is -2.23. The van der Waals surface area contributed by atoms with Crippen LogP contribution in [0.15, 0.2) is 27.4 Å². The van der Waals surface area contributed by atoms with E-state index in [-0.39, 0.29) is 22.3 Å². The number of fused-ring (bicyclic) bond motifs is 1. The second-order valence-electron chi connectivity index (χ2n) is 8.36. The topological polar surface area (TPSA) is 70.7 Å². The van der Waals surface area contributed by atoms with Gasteiger partial charge in [-0.1, -0.05) is 64.0 Å². The second-order valence-corrected chi connectivity index (χ2v) is 8.36. The second kappa shape index (κ2) is 12.5. The van der Waals surface area contributed by atoms with Crippen molar-refractivity contribution < 1.29 is 14.6 Å². The SMILES string of the molecule is CCCC/C=C\CCCCCCCCCc1cc(=O)c2c(O)c(C)c(O)c(C)c2o1. The van der Waals surface area contributed by atoms with Gasteiger partial charge < -0.3 is 14.6 Å². The van der Waals surface area contributed by atoms with Crippen LogP contribution >= 0.6 is 0 Å². The highest BCUT2D eigenvalue weighted by molar-refractivity contribution is 5.89. The summed E-state index contributed by atoms with van der Waals surface area (Å²) in [6, 6.07) is 1.48. The average Bonchev–Trinajstić information content (AvgIpc) is 2.73. The van der Waals surface area contributed by atoms with Crippen molar-refractivity contribution in [2.75, 3.05) is 0 Å². The van der Waals surface area contributed by atoms with Gasteiger partial charge >= 0.3 is 0 Å². The zero-order chi connectivity index (χ0) is 21.9. The molecule has 0 bridgehead atoms. The third-order valence-corrected chi connectivity index (χ3v) is 5.83. The van der Waals surface area contributed by atoms with Crippen molar-refractivity contribution in [1.29, 1.82) is 0 Å². The summed E-state index contributed by atoms with van der Waals surface area (Å²) in [5, 5.41) is 20.5. The lowest BCUT2D eigenvalue weighted by atomic mass is 10.0. The van der Waals surface area contributed by atoms with Crippen molar-refractivity contribution in [3.8, 4) is 11.5 Å². The maximum Gasteiger partial charge on any atom is 0.196 e. The molecule has 0 saturated heterocycles. The zero-order valence-electron chi connectivity index (χ0n) is 18.9. The molecule has 0 aliphatic carbocycles. The highest BCUT2D eigenvalue weighted by Gasteiger charge is 2.18. The number of hydrogen-bond donors (Lipinski definition) is 2. The van der Waals surface area contributed by atoms with E-state index in [1.807, 2.05) is 0 Å². The van der Waals surface area contributed by atoms with Crippen LogP contribution in [-0.2, 0) is 6.42 Å². The van der Waals surface area contributed by atoms with Crippen LogP contribution in [0.5, 0.6) is 11.5 Å². The molecule has 2 rings (SSSR count). The van der Waals surface area contributed by atoms with Gasteiger partial charge in [0.1, 0.15) is 28.2 Å². The fourth-order valence-corrected chi connectivity index (χ4v) is 3.84. The van der Waals surface area contributed by atoms with Crippen LogP contribution in [0.2, 0.25) is 0 Å². The standard InChI is InChI=1S/C26H38O4/c1-4-5-6-7-8-9-10-11-12-13-14-15-16-17-21-18-22(27)23-25(29)19(2)24(28)20(3)26(23)30-21/h7-8,18,28-29H,4-6,9-17H2,1-3H3/b8-7-. The molecule has 0 aliphatic rings. The minimum Gasteiger partial charge on any atom is -0.507 e. The number of aryl methyl sites for hydroxylation is 2. The summed E-state index contributed by atoms with van der Waals surface area (Å²) < 4.78 is 5.87. The molecule has 166 valence electrons. The van der Waals surface area contributed by atoms with Crippen LogP contribution in [-0.4, -0.2) is 10.2 Å². The van der Waals surface area contributed by atoms with Crippen LogP contribution < -0.4 is 5.43 Å². The largest absolute Gasteiger partial charge is 0.507 e. The molecule has 0 saturated carbocycles. The molecule has 0 fully saturated rings. The van der Waals surface area contributed by atoms with E-state index in [1.54, 1.807) is 13.8 Å². The maximum atomic E-state index is 12.5. The average molecular weight is 415 g/mol. The summed E-state index contributed by atoms with van der Waals surface area (Å²) in [6.45, 7) is 5.52. The van der Waals surface area contributed by atoms with Gasteiger partial charge in [0, 0.05) is 23.6 Å². The number of hydrogen-bond acceptors (Lipinski definition) is 4. The van der Waals surface area contributed by atoms with Gasteiger partial charge in [-0.15, -0.1) is 0 Å². The lowest BCUT2D eigenvalue weighted by Crippen LogP contribution is -2.04. The quantitative estimate of drug-likeness (QED) is 0.268. The Morgan fingerprint density at radius 3 is 2.10 bits per heavy atom. The van der Waals surface area contributed by atoms with Crippen molar-refractivity contribution in [2.24, 2.45) is 0 Å². The molecule has 1 aromatic carbocycles. The number of benzene rings is 1. The molecule has 2 aromatic rings. The Morgan fingerprint density at radius 1 is 0.833 bits per heavy atom. The molecule has 30 heavy (non-hydrogen) atoms.